The molecule has 0 spiro atoms. The molecular weight excluding hydrogens is 228 g/mol. The Balaban J connectivity index is 2.68. The second kappa shape index (κ2) is 2.99. The van der Waals surface area contributed by atoms with Crippen LogP contribution in [0.3, 0.4) is 0 Å². The fourth-order valence-electron chi connectivity index (χ4n) is 1.68. The van der Waals surface area contributed by atoms with Gasteiger partial charge in [0, 0.05) is 13.0 Å². The van der Waals surface area contributed by atoms with Crippen molar-refractivity contribution in [2.75, 3.05) is 0 Å². The summed E-state index contributed by atoms with van der Waals surface area (Å²) in [4.78, 5) is -0.577. The molecule has 2 N–H and O–H groups in total. The highest BCUT2D eigenvalue weighted by Crippen LogP contribution is 2.39. The molecule has 5 nitrogen and oxygen atoms in total. The molecule has 0 saturated heterocycles. The molecule has 0 saturated carbocycles. The number of nitrogens with zero attached hydrogens (tertiary/aromatic N) is 2. The number of hydrogen-bond donors (Lipinski definition) is 1. The molecule has 2 rings (SSSR count). The summed E-state index contributed by atoms with van der Waals surface area (Å²) in [6.45, 7) is 0.292. The first kappa shape index (κ1) is 10.5. The standard InChI is InChI=1S/C7H9F2N3O2S/c8-7(9)2-1-3-12-6(7)5(4-11-12)15(10,13)14/h4H,1-3H2,(H2,10,13,14). The number of sulfonamides is 1. The summed E-state index contributed by atoms with van der Waals surface area (Å²) in [6.07, 6.45) is 0.775. The minimum Gasteiger partial charge on any atom is -0.262 e. The Kier molecular flexibility index (Phi) is 2.09. The molecule has 2 heterocycles. The van der Waals surface area contributed by atoms with Crippen molar-refractivity contribution in [3.8, 4) is 0 Å². The summed E-state index contributed by atoms with van der Waals surface area (Å²) < 4.78 is 50.0. The Bertz CT molecular complexity index is 494. The van der Waals surface area contributed by atoms with E-state index in [9.17, 15) is 17.2 Å². The third-order valence-corrected chi connectivity index (χ3v) is 3.23. The van der Waals surface area contributed by atoms with Gasteiger partial charge in [0.2, 0.25) is 10.0 Å². The second-order valence-electron chi connectivity index (χ2n) is 3.43. The van der Waals surface area contributed by atoms with Crippen LogP contribution >= 0.6 is 0 Å². The van der Waals surface area contributed by atoms with Crippen molar-refractivity contribution in [2.45, 2.75) is 30.2 Å². The average molecular weight is 237 g/mol. The van der Waals surface area contributed by atoms with E-state index < -0.39 is 26.5 Å². The first-order chi connectivity index (χ1) is 6.82. The molecule has 1 aromatic heterocycles. The van der Waals surface area contributed by atoms with Crippen LogP contribution in [-0.4, -0.2) is 18.2 Å². The lowest BCUT2D eigenvalue weighted by Crippen LogP contribution is -2.28. The molecule has 15 heavy (non-hydrogen) atoms. The third kappa shape index (κ3) is 1.63. The van der Waals surface area contributed by atoms with Crippen LogP contribution in [0.1, 0.15) is 18.5 Å². The van der Waals surface area contributed by atoms with E-state index in [1.165, 1.54) is 0 Å². The summed E-state index contributed by atoms with van der Waals surface area (Å²) in [5, 5.41) is 8.43. The Morgan fingerprint density at radius 3 is 2.80 bits per heavy atom. The Hall–Kier alpha value is -1.02. The van der Waals surface area contributed by atoms with Crippen LogP contribution in [0.15, 0.2) is 11.1 Å². The van der Waals surface area contributed by atoms with Crippen LogP contribution in [0, 0.1) is 0 Å². The van der Waals surface area contributed by atoms with Gasteiger partial charge in [-0.25, -0.2) is 13.6 Å². The molecule has 84 valence electrons. The highest BCUT2D eigenvalue weighted by Gasteiger charge is 2.42. The highest BCUT2D eigenvalue weighted by atomic mass is 32.2. The summed E-state index contributed by atoms with van der Waals surface area (Å²) in [6, 6.07) is 0. The number of aromatic nitrogens is 2. The van der Waals surface area contributed by atoms with Gasteiger partial charge in [-0.3, -0.25) is 4.68 Å². The number of alkyl halides is 2. The highest BCUT2D eigenvalue weighted by molar-refractivity contribution is 7.89. The predicted octanol–water partition coefficient (Wildman–Crippen LogP) is 0.416. The molecule has 8 heteroatoms. The van der Waals surface area contributed by atoms with E-state index in [-0.39, 0.29) is 12.8 Å². The zero-order chi connectivity index (χ0) is 11.3. The summed E-state index contributed by atoms with van der Waals surface area (Å²) >= 11 is 0. The molecule has 1 aromatic rings. The number of halogens is 2. The van der Waals surface area contributed by atoms with Crippen molar-refractivity contribution < 1.29 is 17.2 Å². The van der Waals surface area contributed by atoms with Crippen LogP contribution in [0.25, 0.3) is 0 Å². The van der Waals surface area contributed by atoms with Crippen molar-refractivity contribution in [3.05, 3.63) is 11.9 Å². The van der Waals surface area contributed by atoms with Crippen LogP contribution in [0.4, 0.5) is 8.78 Å². The smallest absolute Gasteiger partial charge is 0.262 e. The average Bonchev–Trinajstić information content (AvgIpc) is 2.46. The number of primary sulfonamides is 1. The maximum atomic E-state index is 13.4. The largest absolute Gasteiger partial charge is 0.290 e. The van der Waals surface area contributed by atoms with Gasteiger partial charge in [-0.05, 0) is 6.42 Å². The normalized spacial score (nSPS) is 19.9. The molecule has 0 fully saturated rings. The third-order valence-electron chi connectivity index (χ3n) is 2.32. The summed E-state index contributed by atoms with van der Waals surface area (Å²) in [7, 11) is -4.14. The Morgan fingerprint density at radius 1 is 1.53 bits per heavy atom. The van der Waals surface area contributed by atoms with E-state index in [0.717, 1.165) is 10.9 Å². The number of nitrogens with two attached hydrogens (primary N) is 1. The van der Waals surface area contributed by atoms with Gasteiger partial charge in [0.05, 0.1) is 6.20 Å². The molecule has 1 aliphatic heterocycles. The van der Waals surface area contributed by atoms with Gasteiger partial charge >= 0.3 is 0 Å². The van der Waals surface area contributed by atoms with E-state index >= 15 is 0 Å². The predicted molar refractivity (Wildman–Crippen MR) is 46.7 cm³/mol. The van der Waals surface area contributed by atoms with Crippen molar-refractivity contribution in [1.29, 1.82) is 0 Å². The van der Waals surface area contributed by atoms with Gasteiger partial charge in [-0.15, -0.1) is 0 Å². The fraction of sp³-hybridized carbons (Fsp3) is 0.571. The molecule has 0 atom stereocenters. The Morgan fingerprint density at radius 2 is 2.20 bits per heavy atom. The number of rotatable bonds is 1. The topological polar surface area (TPSA) is 78.0 Å². The van der Waals surface area contributed by atoms with Crippen molar-refractivity contribution in [3.63, 3.8) is 0 Å². The van der Waals surface area contributed by atoms with Crippen molar-refractivity contribution >= 4 is 10.0 Å². The van der Waals surface area contributed by atoms with Gasteiger partial charge < -0.3 is 0 Å². The molecule has 1 aliphatic rings. The van der Waals surface area contributed by atoms with Gasteiger partial charge in [-0.2, -0.15) is 13.9 Å². The lowest BCUT2D eigenvalue weighted by Gasteiger charge is -2.23. The lowest BCUT2D eigenvalue weighted by molar-refractivity contribution is -0.0393. The molecule has 0 bridgehead atoms. The minimum absolute atomic E-state index is 0.270. The fourth-order valence-corrected chi connectivity index (χ4v) is 2.40. The lowest BCUT2D eigenvalue weighted by atomic mass is 10.1. The maximum absolute atomic E-state index is 13.4. The van der Waals surface area contributed by atoms with E-state index in [0.29, 0.717) is 6.54 Å². The minimum atomic E-state index is -4.14. The zero-order valence-electron chi connectivity index (χ0n) is 7.65. The molecule has 0 radical (unpaired) electrons. The first-order valence-electron chi connectivity index (χ1n) is 4.29. The molecule has 0 amide bonds. The maximum Gasteiger partial charge on any atom is 0.290 e. The monoisotopic (exact) mass is 237 g/mol. The summed E-state index contributed by atoms with van der Waals surface area (Å²) in [5.41, 5.74) is -0.587. The van der Waals surface area contributed by atoms with Crippen LogP contribution in [0.2, 0.25) is 0 Å². The van der Waals surface area contributed by atoms with E-state index in [2.05, 4.69) is 5.10 Å². The van der Waals surface area contributed by atoms with Gasteiger partial charge in [0.15, 0.2) is 0 Å². The van der Waals surface area contributed by atoms with E-state index in [1.807, 2.05) is 0 Å². The van der Waals surface area contributed by atoms with Crippen LogP contribution in [-0.2, 0) is 22.5 Å². The SMILES string of the molecule is NS(=O)(=O)c1cnn2c1C(F)(F)CCC2. The van der Waals surface area contributed by atoms with Gasteiger partial charge in [-0.1, -0.05) is 0 Å². The Labute approximate surface area is 84.9 Å². The van der Waals surface area contributed by atoms with Crippen LogP contribution in [0.5, 0.6) is 0 Å². The molecule has 0 aliphatic carbocycles. The van der Waals surface area contributed by atoms with Crippen LogP contribution < -0.4 is 5.14 Å². The second-order valence-corrected chi connectivity index (χ2v) is 4.96. The van der Waals surface area contributed by atoms with E-state index in [1.54, 1.807) is 0 Å². The van der Waals surface area contributed by atoms with E-state index in [4.69, 9.17) is 5.14 Å². The number of aryl methyl sites for hydroxylation is 1. The number of fused-ring (bicyclic) bond motifs is 1. The number of hydrogen-bond acceptors (Lipinski definition) is 3. The van der Waals surface area contributed by atoms with Gasteiger partial charge in [0.25, 0.3) is 5.92 Å². The van der Waals surface area contributed by atoms with Crippen molar-refractivity contribution in [1.82, 2.24) is 9.78 Å². The van der Waals surface area contributed by atoms with Crippen molar-refractivity contribution in [2.24, 2.45) is 5.14 Å². The zero-order valence-corrected chi connectivity index (χ0v) is 8.47. The summed E-state index contributed by atoms with van der Waals surface area (Å²) in [5.74, 6) is -3.17. The van der Waals surface area contributed by atoms with Gasteiger partial charge in [0.1, 0.15) is 10.6 Å². The molecule has 0 aromatic carbocycles. The first-order valence-corrected chi connectivity index (χ1v) is 5.84. The quantitative estimate of drug-likeness (QED) is 0.768. The molecular formula is C7H9F2N3O2S. The molecule has 0 unspecified atom stereocenters.